The molecular formula is C13H11F3N2O2S. The molecule has 2 heterocycles. The number of hydrogen-bond donors (Lipinski definition) is 1. The van der Waals surface area contributed by atoms with Crippen molar-refractivity contribution < 1.29 is 13.2 Å². The van der Waals surface area contributed by atoms with Crippen molar-refractivity contribution in [3.8, 4) is 0 Å². The first-order valence-electron chi connectivity index (χ1n) is 6.32. The molecule has 3 rings (SSSR count). The van der Waals surface area contributed by atoms with Gasteiger partial charge in [0.05, 0.1) is 22.5 Å². The molecule has 0 radical (unpaired) electrons. The third kappa shape index (κ3) is 2.37. The lowest BCUT2D eigenvalue weighted by molar-refractivity contribution is -0.136. The largest absolute Gasteiger partial charge is 0.418 e. The van der Waals surface area contributed by atoms with Crippen LogP contribution in [0.25, 0.3) is 10.9 Å². The summed E-state index contributed by atoms with van der Waals surface area (Å²) in [6.45, 7) is 0. The Morgan fingerprint density at radius 2 is 2.05 bits per heavy atom. The Morgan fingerprint density at radius 3 is 2.67 bits per heavy atom. The van der Waals surface area contributed by atoms with E-state index in [1.165, 1.54) is 12.1 Å². The van der Waals surface area contributed by atoms with Gasteiger partial charge in [0, 0.05) is 5.75 Å². The summed E-state index contributed by atoms with van der Waals surface area (Å²) in [5.41, 5.74) is -2.88. The maximum absolute atomic E-state index is 12.9. The predicted molar refractivity (Wildman–Crippen MR) is 74.8 cm³/mol. The minimum Gasteiger partial charge on any atom is -0.306 e. The van der Waals surface area contributed by atoms with Gasteiger partial charge in [0.25, 0.3) is 5.56 Å². The molecule has 0 saturated carbocycles. The molecule has 1 saturated heterocycles. The van der Waals surface area contributed by atoms with E-state index < -0.39 is 28.5 Å². The van der Waals surface area contributed by atoms with Crippen LogP contribution in [0.5, 0.6) is 0 Å². The molecule has 0 spiro atoms. The third-order valence-corrected chi connectivity index (χ3v) is 4.69. The third-order valence-electron chi connectivity index (χ3n) is 3.54. The van der Waals surface area contributed by atoms with E-state index in [-0.39, 0.29) is 11.4 Å². The summed E-state index contributed by atoms with van der Waals surface area (Å²) < 4.78 is 39.9. The molecule has 0 bridgehead atoms. The number of thioether (sulfide) groups is 1. The number of fused-ring (bicyclic) bond motifs is 1. The number of nitrogens with one attached hydrogen (secondary N) is 1. The van der Waals surface area contributed by atoms with E-state index in [1.54, 1.807) is 11.8 Å². The van der Waals surface area contributed by atoms with Crippen LogP contribution in [-0.4, -0.2) is 21.1 Å². The first-order chi connectivity index (χ1) is 9.89. The number of H-pyrrole nitrogens is 1. The maximum Gasteiger partial charge on any atom is 0.418 e. The van der Waals surface area contributed by atoms with Crippen molar-refractivity contribution in [3.05, 3.63) is 44.6 Å². The summed E-state index contributed by atoms with van der Waals surface area (Å²) in [7, 11) is 0. The second kappa shape index (κ2) is 4.94. The van der Waals surface area contributed by atoms with E-state index in [0.717, 1.165) is 16.4 Å². The Morgan fingerprint density at radius 1 is 1.29 bits per heavy atom. The van der Waals surface area contributed by atoms with Gasteiger partial charge in [-0.25, -0.2) is 4.79 Å². The molecule has 4 nitrogen and oxygen atoms in total. The highest BCUT2D eigenvalue weighted by Gasteiger charge is 2.34. The Bertz CT molecular complexity index is 804. The fourth-order valence-electron chi connectivity index (χ4n) is 2.55. The highest BCUT2D eigenvalue weighted by molar-refractivity contribution is 7.99. The molecule has 1 aromatic heterocycles. The van der Waals surface area contributed by atoms with Crippen LogP contribution in [-0.2, 0) is 6.18 Å². The number of nitrogens with zero attached hydrogens (tertiary/aromatic N) is 1. The molecule has 8 heteroatoms. The topological polar surface area (TPSA) is 54.9 Å². The fourth-order valence-corrected chi connectivity index (χ4v) is 3.74. The van der Waals surface area contributed by atoms with Crippen molar-refractivity contribution >= 4 is 22.7 Å². The molecule has 1 aromatic carbocycles. The number of aromatic amines is 1. The summed E-state index contributed by atoms with van der Waals surface area (Å²) in [5.74, 6) is 1.45. The van der Waals surface area contributed by atoms with Crippen LogP contribution in [0.2, 0.25) is 0 Å². The lowest BCUT2D eigenvalue weighted by Gasteiger charge is -2.14. The van der Waals surface area contributed by atoms with E-state index >= 15 is 0 Å². The van der Waals surface area contributed by atoms with Crippen molar-refractivity contribution in [2.24, 2.45) is 0 Å². The highest BCUT2D eigenvalue weighted by Crippen LogP contribution is 2.33. The van der Waals surface area contributed by atoms with E-state index in [2.05, 4.69) is 4.98 Å². The summed E-state index contributed by atoms with van der Waals surface area (Å²) >= 11 is 1.61. The lowest BCUT2D eigenvalue weighted by atomic mass is 10.1. The van der Waals surface area contributed by atoms with Gasteiger partial charge in [-0.15, -0.1) is 0 Å². The molecule has 2 aromatic rings. The van der Waals surface area contributed by atoms with Crippen LogP contribution in [0.1, 0.15) is 18.0 Å². The Hall–Kier alpha value is -1.70. The lowest BCUT2D eigenvalue weighted by Crippen LogP contribution is -2.38. The second-order valence-corrected chi connectivity index (χ2v) is 6.00. The highest BCUT2D eigenvalue weighted by atomic mass is 32.2. The number of aromatic nitrogens is 2. The normalized spacial score (nSPS) is 19.3. The van der Waals surface area contributed by atoms with Gasteiger partial charge < -0.3 is 4.98 Å². The summed E-state index contributed by atoms with van der Waals surface area (Å²) in [6, 6.07) is 3.08. The van der Waals surface area contributed by atoms with Gasteiger partial charge in [-0.3, -0.25) is 9.36 Å². The van der Waals surface area contributed by atoms with Crippen molar-refractivity contribution in [1.82, 2.24) is 9.55 Å². The standard InChI is InChI=1S/C13H11F3N2O2S/c14-13(15,16)9-3-1-2-8-10(9)17-12(20)18(11(8)19)7-4-5-21-6-7/h1-3,7H,4-6H2,(H,17,20). The minimum absolute atomic E-state index is 0.110. The fraction of sp³-hybridized carbons (Fsp3) is 0.385. The SMILES string of the molecule is O=c1[nH]c2c(C(F)(F)F)cccc2c(=O)n1C1CCSC1. The van der Waals surface area contributed by atoms with Gasteiger partial charge in [-0.2, -0.15) is 24.9 Å². The van der Waals surface area contributed by atoms with E-state index in [4.69, 9.17) is 0 Å². The van der Waals surface area contributed by atoms with Gasteiger partial charge in [0.15, 0.2) is 0 Å². The number of hydrogen-bond acceptors (Lipinski definition) is 3. The molecule has 1 fully saturated rings. The van der Waals surface area contributed by atoms with Gasteiger partial charge in [0.1, 0.15) is 0 Å². The maximum atomic E-state index is 12.9. The van der Waals surface area contributed by atoms with E-state index in [1.807, 2.05) is 0 Å². The summed E-state index contributed by atoms with van der Waals surface area (Å²) in [4.78, 5) is 26.7. The summed E-state index contributed by atoms with van der Waals surface area (Å²) in [5, 5.41) is -0.110. The van der Waals surface area contributed by atoms with Crippen LogP contribution in [0.3, 0.4) is 0 Å². The van der Waals surface area contributed by atoms with Crippen molar-refractivity contribution in [2.75, 3.05) is 11.5 Å². The molecule has 1 unspecified atom stereocenters. The van der Waals surface area contributed by atoms with Crippen molar-refractivity contribution in [1.29, 1.82) is 0 Å². The van der Waals surface area contributed by atoms with Crippen LogP contribution in [0, 0.1) is 0 Å². The number of rotatable bonds is 1. The smallest absolute Gasteiger partial charge is 0.306 e. The second-order valence-electron chi connectivity index (χ2n) is 4.85. The van der Waals surface area contributed by atoms with Crippen LogP contribution < -0.4 is 11.2 Å². The Labute approximate surface area is 121 Å². The van der Waals surface area contributed by atoms with Gasteiger partial charge >= 0.3 is 11.9 Å². The van der Waals surface area contributed by atoms with Gasteiger partial charge in [0.2, 0.25) is 0 Å². The zero-order valence-corrected chi connectivity index (χ0v) is 11.6. The quantitative estimate of drug-likeness (QED) is 0.879. The molecule has 21 heavy (non-hydrogen) atoms. The summed E-state index contributed by atoms with van der Waals surface area (Å²) in [6.07, 6.45) is -3.96. The van der Waals surface area contributed by atoms with Crippen molar-refractivity contribution in [2.45, 2.75) is 18.6 Å². The Balaban J connectivity index is 2.33. The van der Waals surface area contributed by atoms with E-state index in [0.29, 0.717) is 12.2 Å². The molecule has 0 amide bonds. The molecule has 1 N–H and O–H groups in total. The van der Waals surface area contributed by atoms with Gasteiger partial charge in [-0.05, 0) is 24.3 Å². The average molecular weight is 316 g/mol. The number of halogens is 3. The molecule has 1 aliphatic rings. The number of alkyl halides is 3. The van der Waals surface area contributed by atoms with Crippen LogP contribution in [0.15, 0.2) is 27.8 Å². The monoisotopic (exact) mass is 316 g/mol. The molecule has 1 atom stereocenters. The molecule has 0 aliphatic carbocycles. The zero-order valence-electron chi connectivity index (χ0n) is 10.7. The van der Waals surface area contributed by atoms with E-state index in [9.17, 15) is 22.8 Å². The van der Waals surface area contributed by atoms with Gasteiger partial charge in [-0.1, -0.05) is 6.07 Å². The van der Waals surface area contributed by atoms with Crippen LogP contribution >= 0.6 is 11.8 Å². The first-order valence-corrected chi connectivity index (χ1v) is 7.47. The Kier molecular flexibility index (Phi) is 3.35. The number of para-hydroxylation sites is 1. The molecule has 1 aliphatic heterocycles. The first kappa shape index (κ1) is 14.2. The average Bonchev–Trinajstić information content (AvgIpc) is 2.90. The molecule has 112 valence electrons. The van der Waals surface area contributed by atoms with Crippen molar-refractivity contribution in [3.63, 3.8) is 0 Å². The molecular weight excluding hydrogens is 305 g/mol. The zero-order chi connectivity index (χ0) is 15.2. The minimum atomic E-state index is -4.62. The number of benzene rings is 1. The predicted octanol–water partition coefficient (Wildman–Crippen LogP) is 2.39. The van der Waals surface area contributed by atoms with Crippen LogP contribution in [0.4, 0.5) is 13.2 Å².